The van der Waals surface area contributed by atoms with Gasteiger partial charge in [0, 0.05) is 5.39 Å². The van der Waals surface area contributed by atoms with Crippen LogP contribution in [0.1, 0.15) is 21.7 Å². The molecule has 0 atom stereocenters. The van der Waals surface area contributed by atoms with Gasteiger partial charge in [0.05, 0.1) is 13.3 Å². The van der Waals surface area contributed by atoms with Crippen molar-refractivity contribution in [3.8, 4) is 5.75 Å². The third-order valence-corrected chi connectivity index (χ3v) is 4.45. The molecule has 0 aliphatic carbocycles. The van der Waals surface area contributed by atoms with E-state index in [9.17, 15) is 4.79 Å². The van der Waals surface area contributed by atoms with Crippen LogP contribution in [-0.2, 0) is 0 Å². The van der Waals surface area contributed by atoms with Gasteiger partial charge in [-0.2, -0.15) is 5.10 Å². The number of aryl methyl sites for hydroxylation is 1. The molecule has 4 rings (SSSR count). The van der Waals surface area contributed by atoms with Crippen LogP contribution in [0.4, 0.5) is 0 Å². The summed E-state index contributed by atoms with van der Waals surface area (Å²) in [5.41, 5.74) is 5.05. The number of hydrogen-bond donors (Lipinski definition) is 1. The molecule has 4 aromatic rings. The molecule has 0 aliphatic rings. The number of nitrogens with zero attached hydrogens (tertiary/aromatic N) is 1. The number of nitrogens with one attached hydrogen (secondary N) is 1. The third kappa shape index (κ3) is 3.27. The maximum Gasteiger partial charge on any atom is 0.307 e. The molecule has 0 spiro atoms. The summed E-state index contributed by atoms with van der Waals surface area (Å²) in [6.45, 7) is 1.95. The van der Waals surface area contributed by atoms with E-state index in [-0.39, 0.29) is 5.76 Å². The summed E-state index contributed by atoms with van der Waals surface area (Å²) >= 11 is 0. The van der Waals surface area contributed by atoms with Gasteiger partial charge in [-0.25, -0.2) is 5.43 Å². The molecule has 1 heterocycles. The first-order valence-electron chi connectivity index (χ1n) is 8.55. The van der Waals surface area contributed by atoms with E-state index in [1.807, 2.05) is 61.5 Å². The summed E-state index contributed by atoms with van der Waals surface area (Å²) in [7, 11) is 1.63. The number of furan rings is 1. The summed E-state index contributed by atoms with van der Waals surface area (Å²) in [4.78, 5) is 12.4. The molecule has 134 valence electrons. The Morgan fingerprint density at radius 2 is 1.93 bits per heavy atom. The lowest BCUT2D eigenvalue weighted by molar-refractivity contribution is 0.0929. The van der Waals surface area contributed by atoms with Crippen LogP contribution in [0.2, 0.25) is 0 Å². The van der Waals surface area contributed by atoms with E-state index in [1.165, 1.54) is 0 Å². The predicted octanol–water partition coefficient (Wildman–Crippen LogP) is 4.67. The Kier molecular flexibility index (Phi) is 4.34. The maximum atomic E-state index is 12.4. The van der Waals surface area contributed by atoms with Crippen molar-refractivity contribution >= 4 is 33.9 Å². The molecule has 1 aromatic heterocycles. The quantitative estimate of drug-likeness (QED) is 0.426. The fourth-order valence-electron chi connectivity index (χ4n) is 3.11. The van der Waals surface area contributed by atoms with Crippen LogP contribution in [0.15, 0.2) is 70.2 Å². The van der Waals surface area contributed by atoms with Crippen molar-refractivity contribution < 1.29 is 13.9 Å². The molecular formula is C22H18N2O3. The number of hydrogen-bond acceptors (Lipinski definition) is 4. The van der Waals surface area contributed by atoms with Crippen LogP contribution in [0.5, 0.6) is 5.75 Å². The van der Waals surface area contributed by atoms with Crippen LogP contribution < -0.4 is 10.2 Å². The highest BCUT2D eigenvalue weighted by Gasteiger charge is 2.13. The van der Waals surface area contributed by atoms with Crippen molar-refractivity contribution in [1.82, 2.24) is 5.43 Å². The Labute approximate surface area is 156 Å². The highest BCUT2D eigenvalue weighted by atomic mass is 16.5. The first kappa shape index (κ1) is 16.8. The smallest absolute Gasteiger partial charge is 0.307 e. The van der Waals surface area contributed by atoms with E-state index in [0.717, 1.165) is 33.0 Å². The van der Waals surface area contributed by atoms with Gasteiger partial charge in [0.1, 0.15) is 11.3 Å². The van der Waals surface area contributed by atoms with Crippen molar-refractivity contribution in [2.75, 3.05) is 7.11 Å². The van der Waals surface area contributed by atoms with Gasteiger partial charge in [-0.05, 0) is 59.2 Å². The Morgan fingerprint density at radius 3 is 2.74 bits per heavy atom. The highest BCUT2D eigenvalue weighted by molar-refractivity contribution is 6.08. The highest BCUT2D eigenvalue weighted by Crippen LogP contribution is 2.28. The molecule has 0 saturated carbocycles. The molecule has 5 nitrogen and oxygen atoms in total. The number of benzene rings is 3. The van der Waals surface area contributed by atoms with Gasteiger partial charge in [-0.3, -0.25) is 4.79 Å². The van der Waals surface area contributed by atoms with Crippen LogP contribution in [0.25, 0.3) is 21.7 Å². The number of fused-ring (bicyclic) bond motifs is 3. The van der Waals surface area contributed by atoms with Crippen LogP contribution in [0.3, 0.4) is 0 Å². The molecule has 0 saturated heterocycles. The summed E-state index contributed by atoms with van der Waals surface area (Å²) < 4.78 is 10.9. The second-order valence-electron chi connectivity index (χ2n) is 6.24. The summed E-state index contributed by atoms with van der Waals surface area (Å²) in [6.07, 6.45) is 1.59. The first-order chi connectivity index (χ1) is 13.2. The maximum absolute atomic E-state index is 12.4. The van der Waals surface area contributed by atoms with Gasteiger partial charge >= 0.3 is 5.91 Å². The Morgan fingerprint density at radius 1 is 1.07 bits per heavy atom. The zero-order valence-electron chi connectivity index (χ0n) is 15.0. The van der Waals surface area contributed by atoms with E-state index in [1.54, 1.807) is 19.4 Å². The number of methoxy groups -OCH3 is 1. The molecule has 1 amide bonds. The van der Waals surface area contributed by atoms with Gasteiger partial charge in [0.2, 0.25) is 0 Å². The Hall–Kier alpha value is -3.60. The molecule has 0 aliphatic heterocycles. The van der Waals surface area contributed by atoms with Crippen molar-refractivity contribution in [3.05, 3.63) is 77.6 Å². The van der Waals surface area contributed by atoms with Crippen LogP contribution in [0, 0.1) is 6.92 Å². The fourth-order valence-corrected chi connectivity index (χ4v) is 3.11. The average Bonchev–Trinajstić information content (AvgIpc) is 3.13. The minimum atomic E-state index is -0.392. The SMILES string of the molecule is COc1ccc(C=NNC(=O)c2cc3c(ccc4ccccc43)o2)cc1C. The number of rotatable bonds is 4. The number of amides is 1. The molecule has 0 unspecified atom stereocenters. The van der Waals surface area contributed by atoms with Gasteiger partial charge in [0.15, 0.2) is 5.76 Å². The number of carbonyl (C=O) groups is 1. The Balaban J connectivity index is 1.54. The number of carbonyl (C=O) groups excluding carboxylic acids is 1. The number of ether oxygens (including phenoxy) is 1. The summed E-state index contributed by atoms with van der Waals surface area (Å²) in [6, 6.07) is 19.3. The molecule has 3 aromatic carbocycles. The minimum Gasteiger partial charge on any atom is -0.496 e. The molecule has 0 radical (unpaired) electrons. The average molecular weight is 358 g/mol. The van der Waals surface area contributed by atoms with Crippen molar-refractivity contribution in [1.29, 1.82) is 0 Å². The minimum absolute atomic E-state index is 0.226. The van der Waals surface area contributed by atoms with Crippen LogP contribution in [-0.4, -0.2) is 19.2 Å². The normalized spacial score (nSPS) is 11.3. The van der Waals surface area contributed by atoms with E-state index >= 15 is 0 Å². The molecule has 5 heteroatoms. The zero-order chi connectivity index (χ0) is 18.8. The van der Waals surface area contributed by atoms with Gasteiger partial charge in [-0.15, -0.1) is 0 Å². The zero-order valence-corrected chi connectivity index (χ0v) is 15.0. The monoisotopic (exact) mass is 358 g/mol. The lowest BCUT2D eigenvalue weighted by atomic mass is 10.1. The standard InChI is InChI=1S/C22H18N2O3/c1-14-11-15(7-9-19(14)26-2)13-23-24-22(25)21-12-18-17-6-4-3-5-16(17)8-10-20(18)27-21/h3-13H,1-2H3,(H,24,25). The topological polar surface area (TPSA) is 63.8 Å². The van der Waals surface area contributed by atoms with Gasteiger partial charge in [0.25, 0.3) is 0 Å². The van der Waals surface area contributed by atoms with E-state index in [4.69, 9.17) is 9.15 Å². The fraction of sp³-hybridized carbons (Fsp3) is 0.0909. The molecule has 0 bridgehead atoms. The largest absolute Gasteiger partial charge is 0.496 e. The van der Waals surface area contributed by atoms with E-state index in [2.05, 4.69) is 10.5 Å². The molecule has 0 fully saturated rings. The lowest BCUT2D eigenvalue weighted by Crippen LogP contribution is -2.16. The summed E-state index contributed by atoms with van der Waals surface area (Å²) in [5.74, 6) is 0.645. The van der Waals surface area contributed by atoms with Crippen molar-refractivity contribution in [2.24, 2.45) is 5.10 Å². The third-order valence-electron chi connectivity index (χ3n) is 4.45. The molecule has 1 N–H and O–H groups in total. The van der Waals surface area contributed by atoms with E-state index < -0.39 is 5.91 Å². The second-order valence-corrected chi connectivity index (χ2v) is 6.24. The molecular weight excluding hydrogens is 340 g/mol. The first-order valence-corrected chi connectivity index (χ1v) is 8.55. The summed E-state index contributed by atoms with van der Waals surface area (Å²) in [5, 5.41) is 7.09. The number of hydrazone groups is 1. The van der Waals surface area contributed by atoms with Gasteiger partial charge < -0.3 is 9.15 Å². The molecule has 27 heavy (non-hydrogen) atoms. The van der Waals surface area contributed by atoms with Gasteiger partial charge in [-0.1, -0.05) is 30.3 Å². The van der Waals surface area contributed by atoms with Crippen molar-refractivity contribution in [2.45, 2.75) is 6.92 Å². The second kappa shape index (κ2) is 6.96. The van der Waals surface area contributed by atoms with E-state index in [0.29, 0.717) is 5.58 Å². The van der Waals surface area contributed by atoms with Crippen LogP contribution >= 0.6 is 0 Å². The Bertz CT molecular complexity index is 1170. The lowest BCUT2D eigenvalue weighted by Gasteiger charge is -2.04. The van der Waals surface area contributed by atoms with Crippen molar-refractivity contribution in [3.63, 3.8) is 0 Å². The predicted molar refractivity (Wildman–Crippen MR) is 107 cm³/mol.